The molecule has 0 aliphatic heterocycles. The number of Topliss-reactive ketones (excluding diaryl/α,β-unsaturated/α-hetero) is 2. The van der Waals surface area contributed by atoms with Gasteiger partial charge in [0.15, 0.2) is 21.4 Å². The molecule has 5 rings (SSSR count). The molecule has 0 aromatic heterocycles. The molecule has 2 aliphatic rings. The quantitative estimate of drug-likeness (QED) is 0.556. The van der Waals surface area contributed by atoms with Crippen LogP contribution >= 0.6 is 0 Å². The van der Waals surface area contributed by atoms with Crippen LogP contribution < -0.4 is 5.32 Å². The molecule has 1 saturated carbocycles. The van der Waals surface area contributed by atoms with E-state index in [2.05, 4.69) is 5.32 Å². The topological polar surface area (TPSA) is 97.4 Å². The SMILES string of the molecule is CS(=O)(=O)C1CCCCC1=O.Cc1ccc(NC(=O)C2C(=O)c3cccc4cccc2c34)cc1. The number of ketones is 2. The zero-order valence-electron chi connectivity index (χ0n) is 19.2. The van der Waals surface area contributed by atoms with Crippen LogP contribution in [0.15, 0.2) is 60.7 Å². The minimum Gasteiger partial charge on any atom is -0.325 e. The van der Waals surface area contributed by atoms with Crippen molar-refractivity contribution in [3.8, 4) is 0 Å². The summed E-state index contributed by atoms with van der Waals surface area (Å²) in [4.78, 5) is 36.5. The summed E-state index contributed by atoms with van der Waals surface area (Å²) in [6.45, 7) is 1.99. The van der Waals surface area contributed by atoms with Gasteiger partial charge in [-0.3, -0.25) is 14.4 Å². The van der Waals surface area contributed by atoms with Crippen molar-refractivity contribution >= 4 is 43.8 Å². The van der Waals surface area contributed by atoms with Crippen LogP contribution in [0, 0.1) is 6.92 Å². The van der Waals surface area contributed by atoms with Crippen molar-refractivity contribution in [2.24, 2.45) is 0 Å². The van der Waals surface area contributed by atoms with Crippen LogP contribution in [-0.2, 0) is 19.4 Å². The lowest BCUT2D eigenvalue weighted by Crippen LogP contribution is -2.32. The van der Waals surface area contributed by atoms with Crippen molar-refractivity contribution in [1.82, 2.24) is 0 Å². The average Bonchev–Trinajstić information content (AvgIpc) is 3.09. The number of hydrogen-bond acceptors (Lipinski definition) is 5. The highest BCUT2D eigenvalue weighted by molar-refractivity contribution is 7.92. The summed E-state index contributed by atoms with van der Waals surface area (Å²) in [7, 11) is -3.12. The van der Waals surface area contributed by atoms with E-state index in [1.807, 2.05) is 61.5 Å². The number of amides is 1. The van der Waals surface area contributed by atoms with E-state index in [4.69, 9.17) is 0 Å². The molecule has 7 heteroatoms. The Morgan fingerprint density at radius 1 is 0.941 bits per heavy atom. The fourth-order valence-corrected chi connectivity index (χ4v) is 5.82. The zero-order chi connectivity index (χ0) is 24.5. The smallest absolute Gasteiger partial charge is 0.239 e. The Labute approximate surface area is 199 Å². The molecule has 176 valence electrons. The van der Waals surface area contributed by atoms with Gasteiger partial charge in [-0.05, 0) is 48.2 Å². The second kappa shape index (κ2) is 9.50. The van der Waals surface area contributed by atoms with Crippen molar-refractivity contribution in [3.05, 3.63) is 77.4 Å². The molecular weight excluding hydrogens is 450 g/mol. The first-order valence-electron chi connectivity index (χ1n) is 11.3. The van der Waals surface area contributed by atoms with Gasteiger partial charge in [0.25, 0.3) is 0 Å². The minimum absolute atomic E-state index is 0.0984. The lowest BCUT2D eigenvalue weighted by Gasteiger charge is -2.17. The summed E-state index contributed by atoms with van der Waals surface area (Å²) in [5.74, 6) is -1.26. The van der Waals surface area contributed by atoms with Crippen LogP contribution in [0.25, 0.3) is 10.8 Å². The Morgan fingerprint density at radius 3 is 2.24 bits per heavy atom. The van der Waals surface area contributed by atoms with Crippen LogP contribution in [-0.4, -0.2) is 37.4 Å². The monoisotopic (exact) mass is 477 g/mol. The van der Waals surface area contributed by atoms with E-state index in [0.717, 1.165) is 41.0 Å². The Kier molecular flexibility index (Phi) is 6.66. The summed E-state index contributed by atoms with van der Waals surface area (Å²) in [5.41, 5.74) is 3.27. The van der Waals surface area contributed by atoms with E-state index < -0.39 is 21.0 Å². The molecule has 1 N–H and O–H groups in total. The van der Waals surface area contributed by atoms with E-state index in [1.165, 1.54) is 0 Å². The van der Waals surface area contributed by atoms with Crippen molar-refractivity contribution in [2.75, 3.05) is 11.6 Å². The Bertz CT molecular complexity index is 1370. The lowest BCUT2D eigenvalue weighted by atomic mass is 9.98. The van der Waals surface area contributed by atoms with Crippen LogP contribution in [0.5, 0.6) is 0 Å². The third-order valence-corrected chi connectivity index (χ3v) is 7.90. The molecule has 0 heterocycles. The van der Waals surface area contributed by atoms with Gasteiger partial charge in [0.2, 0.25) is 5.91 Å². The first-order chi connectivity index (χ1) is 16.2. The van der Waals surface area contributed by atoms with Crippen LogP contribution in [0.4, 0.5) is 5.69 Å². The number of aryl methyl sites for hydroxylation is 1. The van der Waals surface area contributed by atoms with E-state index in [9.17, 15) is 22.8 Å². The number of rotatable bonds is 3. The van der Waals surface area contributed by atoms with Gasteiger partial charge >= 0.3 is 0 Å². The maximum atomic E-state index is 12.7. The fraction of sp³-hybridized carbons (Fsp3) is 0.296. The normalized spacial score (nSPS) is 19.5. The summed E-state index contributed by atoms with van der Waals surface area (Å²) in [6, 6.07) is 18.9. The molecule has 2 unspecified atom stereocenters. The molecule has 0 radical (unpaired) electrons. The van der Waals surface area contributed by atoms with Gasteiger partial charge < -0.3 is 5.32 Å². The molecular formula is C27H27NO5S. The number of anilines is 1. The molecule has 0 bridgehead atoms. The second-order valence-electron chi connectivity index (χ2n) is 8.93. The van der Waals surface area contributed by atoms with Gasteiger partial charge in [-0.1, -0.05) is 60.5 Å². The maximum absolute atomic E-state index is 12.7. The standard InChI is InChI=1S/C20H15NO2.C7H12O3S/c1-12-8-10-14(11-9-12)21-20(23)18-15-6-2-4-13-5-3-7-16(17(13)15)19(18)22;1-11(9,10)7-5-3-2-4-6(7)8/h2-11,18H,1H3,(H,21,23);7H,2-5H2,1H3. The molecule has 34 heavy (non-hydrogen) atoms. The highest BCUT2D eigenvalue weighted by Crippen LogP contribution is 2.38. The Balaban J connectivity index is 0.000000210. The van der Waals surface area contributed by atoms with Crippen LogP contribution in [0.1, 0.15) is 53.1 Å². The summed E-state index contributed by atoms with van der Waals surface area (Å²) < 4.78 is 22.0. The first-order valence-corrected chi connectivity index (χ1v) is 13.3. The number of carbonyl (C=O) groups is 3. The molecule has 0 saturated heterocycles. The molecule has 1 amide bonds. The number of hydrogen-bond donors (Lipinski definition) is 1. The van der Waals surface area contributed by atoms with E-state index in [1.54, 1.807) is 6.07 Å². The van der Waals surface area contributed by atoms with Gasteiger partial charge in [0.05, 0.1) is 0 Å². The highest BCUT2D eigenvalue weighted by atomic mass is 32.2. The summed E-state index contributed by atoms with van der Waals surface area (Å²) >= 11 is 0. The van der Waals surface area contributed by atoms with Crippen molar-refractivity contribution in [1.29, 1.82) is 0 Å². The number of carbonyl (C=O) groups excluding carboxylic acids is 3. The lowest BCUT2D eigenvalue weighted by molar-refractivity contribution is -0.120. The largest absolute Gasteiger partial charge is 0.325 e. The number of benzene rings is 3. The molecule has 2 aliphatic carbocycles. The zero-order valence-corrected chi connectivity index (χ0v) is 20.0. The molecule has 3 aromatic rings. The second-order valence-corrected chi connectivity index (χ2v) is 11.2. The van der Waals surface area contributed by atoms with Gasteiger partial charge in [0, 0.05) is 23.9 Å². The van der Waals surface area contributed by atoms with Gasteiger partial charge in [-0.2, -0.15) is 0 Å². The minimum atomic E-state index is -3.12. The van der Waals surface area contributed by atoms with Crippen LogP contribution in [0.3, 0.4) is 0 Å². The molecule has 2 atom stereocenters. The van der Waals surface area contributed by atoms with Crippen molar-refractivity contribution < 1.29 is 22.8 Å². The van der Waals surface area contributed by atoms with E-state index in [-0.39, 0.29) is 17.5 Å². The third kappa shape index (κ3) is 4.80. The van der Waals surface area contributed by atoms with E-state index >= 15 is 0 Å². The van der Waals surface area contributed by atoms with Gasteiger partial charge in [-0.15, -0.1) is 0 Å². The van der Waals surface area contributed by atoms with Gasteiger partial charge in [-0.25, -0.2) is 8.42 Å². The van der Waals surface area contributed by atoms with Crippen LogP contribution in [0.2, 0.25) is 0 Å². The number of nitrogens with one attached hydrogen (secondary N) is 1. The van der Waals surface area contributed by atoms with E-state index in [0.29, 0.717) is 24.1 Å². The molecule has 0 spiro atoms. The maximum Gasteiger partial charge on any atom is 0.239 e. The average molecular weight is 478 g/mol. The molecule has 6 nitrogen and oxygen atoms in total. The molecule has 3 aromatic carbocycles. The summed E-state index contributed by atoms with van der Waals surface area (Å²) in [6.07, 6.45) is 3.82. The fourth-order valence-electron chi connectivity index (χ4n) is 4.63. The predicted molar refractivity (Wildman–Crippen MR) is 133 cm³/mol. The predicted octanol–water partition coefficient (Wildman–Crippen LogP) is 4.61. The van der Waals surface area contributed by atoms with Crippen molar-refractivity contribution in [3.63, 3.8) is 0 Å². The van der Waals surface area contributed by atoms with Crippen molar-refractivity contribution in [2.45, 2.75) is 43.8 Å². The summed E-state index contributed by atoms with van der Waals surface area (Å²) in [5, 5.41) is 4.07. The third-order valence-electron chi connectivity index (χ3n) is 6.37. The Morgan fingerprint density at radius 2 is 1.62 bits per heavy atom. The Hall–Kier alpha value is -3.32. The first kappa shape index (κ1) is 23.8. The highest BCUT2D eigenvalue weighted by Gasteiger charge is 2.37. The van der Waals surface area contributed by atoms with Gasteiger partial charge in [0.1, 0.15) is 11.2 Å². The number of sulfone groups is 1. The molecule has 1 fully saturated rings.